The maximum absolute atomic E-state index is 3.63. The minimum atomic E-state index is 0.297. The summed E-state index contributed by atoms with van der Waals surface area (Å²) in [6, 6.07) is 19.7. The van der Waals surface area contributed by atoms with Crippen LogP contribution < -0.4 is 5.32 Å². The van der Waals surface area contributed by atoms with Crippen LogP contribution >= 0.6 is 0 Å². The SMILES string of the molecule is CCCNC(c1ccccc1)c1cccc(C)c1. The fourth-order valence-corrected chi connectivity index (χ4v) is 2.21. The van der Waals surface area contributed by atoms with Gasteiger partial charge in [0, 0.05) is 0 Å². The van der Waals surface area contributed by atoms with Crippen molar-refractivity contribution in [2.24, 2.45) is 0 Å². The topological polar surface area (TPSA) is 12.0 Å². The molecule has 0 aliphatic heterocycles. The van der Waals surface area contributed by atoms with Crippen molar-refractivity contribution in [3.05, 3.63) is 71.3 Å². The van der Waals surface area contributed by atoms with Crippen LogP contribution in [-0.4, -0.2) is 6.54 Å². The van der Waals surface area contributed by atoms with Gasteiger partial charge in [-0.05, 0) is 31.0 Å². The molecule has 0 heterocycles. The normalized spacial score (nSPS) is 12.3. The maximum atomic E-state index is 3.63. The Balaban J connectivity index is 2.31. The minimum Gasteiger partial charge on any atom is -0.306 e. The van der Waals surface area contributed by atoms with Crippen LogP contribution in [0.4, 0.5) is 0 Å². The fraction of sp³-hybridized carbons (Fsp3) is 0.294. The van der Waals surface area contributed by atoms with Crippen molar-refractivity contribution in [2.75, 3.05) is 6.54 Å². The van der Waals surface area contributed by atoms with Crippen molar-refractivity contribution in [2.45, 2.75) is 26.3 Å². The Morgan fingerprint density at radius 2 is 1.67 bits per heavy atom. The molecule has 1 heteroatoms. The Bertz CT molecular complexity index is 476. The number of hydrogen-bond donors (Lipinski definition) is 1. The van der Waals surface area contributed by atoms with E-state index in [1.807, 2.05) is 0 Å². The molecule has 18 heavy (non-hydrogen) atoms. The summed E-state index contributed by atoms with van der Waals surface area (Å²) in [7, 11) is 0. The zero-order valence-corrected chi connectivity index (χ0v) is 11.2. The summed E-state index contributed by atoms with van der Waals surface area (Å²) in [5.41, 5.74) is 3.98. The number of benzene rings is 2. The van der Waals surface area contributed by atoms with Crippen LogP contribution in [0.1, 0.15) is 36.1 Å². The molecule has 94 valence electrons. The van der Waals surface area contributed by atoms with Crippen LogP contribution in [0, 0.1) is 6.92 Å². The van der Waals surface area contributed by atoms with Crippen LogP contribution in [-0.2, 0) is 0 Å². The second-order valence-electron chi connectivity index (χ2n) is 4.71. The lowest BCUT2D eigenvalue weighted by atomic mass is 9.97. The molecule has 0 radical (unpaired) electrons. The fourth-order valence-electron chi connectivity index (χ4n) is 2.21. The summed E-state index contributed by atoms with van der Waals surface area (Å²) in [5.74, 6) is 0. The lowest BCUT2D eigenvalue weighted by molar-refractivity contribution is 0.598. The molecule has 0 saturated heterocycles. The van der Waals surface area contributed by atoms with Gasteiger partial charge in [-0.1, -0.05) is 67.1 Å². The number of hydrogen-bond acceptors (Lipinski definition) is 1. The van der Waals surface area contributed by atoms with E-state index in [1.165, 1.54) is 16.7 Å². The molecular weight excluding hydrogens is 218 g/mol. The highest BCUT2D eigenvalue weighted by Crippen LogP contribution is 2.22. The summed E-state index contributed by atoms with van der Waals surface area (Å²) in [6.07, 6.45) is 1.15. The van der Waals surface area contributed by atoms with Crippen molar-refractivity contribution < 1.29 is 0 Å². The molecule has 0 amide bonds. The first-order valence-electron chi connectivity index (χ1n) is 6.66. The van der Waals surface area contributed by atoms with Gasteiger partial charge in [-0.3, -0.25) is 0 Å². The molecular formula is C17H21N. The quantitative estimate of drug-likeness (QED) is 0.829. The van der Waals surface area contributed by atoms with E-state index in [0.29, 0.717) is 6.04 Å². The third kappa shape index (κ3) is 3.21. The Morgan fingerprint density at radius 3 is 2.33 bits per heavy atom. The predicted octanol–water partition coefficient (Wildman–Crippen LogP) is 4.08. The maximum Gasteiger partial charge on any atom is 0.0576 e. The van der Waals surface area contributed by atoms with E-state index in [-0.39, 0.29) is 0 Å². The van der Waals surface area contributed by atoms with Crippen molar-refractivity contribution in [1.29, 1.82) is 0 Å². The van der Waals surface area contributed by atoms with Crippen LogP contribution in [0.2, 0.25) is 0 Å². The minimum absolute atomic E-state index is 0.297. The van der Waals surface area contributed by atoms with Gasteiger partial charge in [-0.25, -0.2) is 0 Å². The van der Waals surface area contributed by atoms with Gasteiger partial charge in [-0.2, -0.15) is 0 Å². The van der Waals surface area contributed by atoms with E-state index in [4.69, 9.17) is 0 Å². The van der Waals surface area contributed by atoms with Gasteiger partial charge in [-0.15, -0.1) is 0 Å². The lowest BCUT2D eigenvalue weighted by Gasteiger charge is -2.20. The molecule has 0 aliphatic rings. The second kappa shape index (κ2) is 6.36. The summed E-state index contributed by atoms with van der Waals surface area (Å²) in [5, 5.41) is 3.63. The van der Waals surface area contributed by atoms with E-state index < -0.39 is 0 Å². The summed E-state index contributed by atoms with van der Waals surface area (Å²) >= 11 is 0. The smallest absolute Gasteiger partial charge is 0.0576 e. The van der Waals surface area contributed by atoms with Crippen LogP contribution in [0.15, 0.2) is 54.6 Å². The first-order chi connectivity index (χ1) is 8.81. The van der Waals surface area contributed by atoms with Gasteiger partial charge in [0.15, 0.2) is 0 Å². The van der Waals surface area contributed by atoms with Gasteiger partial charge >= 0.3 is 0 Å². The zero-order chi connectivity index (χ0) is 12.8. The molecule has 2 rings (SSSR count). The molecule has 0 saturated carbocycles. The molecule has 0 spiro atoms. The largest absolute Gasteiger partial charge is 0.306 e. The molecule has 1 unspecified atom stereocenters. The molecule has 0 aromatic heterocycles. The second-order valence-corrected chi connectivity index (χ2v) is 4.71. The number of rotatable bonds is 5. The Hall–Kier alpha value is -1.60. The van der Waals surface area contributed by atoms with E-state index in [2.05, 4.69) is 73.8 Å². The van der Waals surface area contributed by atoms with Gasteiger partial charge in [0.2, 0.25) is 0 Å². The molecule has 1 atom stereocenters. The van der Waals surface area contributed by atoms with Gasteiger partial charge < -0.3 is 5.32 Å². The van der Waals surface area contributed by atoms with Gasteiger partial charge in [0.05, 0.1) is 6.04 Å². The van der Waals surface area contributed by atoms with E-state index in [9.17, 15) is 0 Å². The van der Waals surface area contributed by atoms with Crippen molar-refractivity contribution in [3.8, 4) is 0 Å². The molecule has 0 bridgehead atoms. The lowest BCUT2D eigenvalue weighted by Crippen LogP contribution is -2.23. The molecule has 0 aliphatic carbocycles. The summed E-state index contributed by atoms with van der Waals surface area (Å²) in [4.78, 5) is 0. The molecule has 2 aromatic carbocycles. The highest BCUT2D eigenvalue weighted by Gasteiger charge is 2.12. The average Bonchev–Trinajstić information content (AvgIpc) is 2.40. The third-order valence-electron chi connectivity index (χ3n) is 3.11. The molecule has 1 N–H and O–H groups in total. The highest BCUT2D eigenvalue weighted by atomic mass is 14.9. The van der Waals surface area contributed by atoms with Gasteiger partial charge in [0.25, 0.3) is 0 Å². The van der Waals surface area contributed by atoms with Crippen molar-refractivity contribution in [3.63, 3.8) is 0 Å². The van der Waals surface area contributed by atoms with Crippen molar-refractivity contribution in [1.82, 2.24) is 5.32 Å². The number of nitrogens with one attached hydrogen (secondary N) is 1. The average molecular weight is 239 g/mol. The molecule has 0 fully saturated rings. The van der Waals surface area contributed by atoms with Crippen LogP contribution in [0.25, 0.3) is 0 Å². The zero-order valence-electron chi connectivity index (χ0n) is 11.2. The highest BCUT2D eigenvalue weighted by molar-refractivity contribution is 5.33. The monoisotopic (exact) mass is 239 g/mol. The van der Waals surface area contributed by atoms with Crippen LogP contribution in [0.3, 0.4) is 0 Å². The van der Waals surface area contributed by atoms with E-state index >= 15 is 0 Å². The van der Waals surface area contributed by atoms with Crippen LogP contribution in [0.5, 0.6) is 0 Å². The standard InChI is InChI=1S/C17H21N/c1-3-12-18-17(15-9-5-4-6-10-15)16-11-7-8-14(2)13-16/h4-11,13,17-18H,3,12H2,1-2H3. The van der Waals surface area contributed by atoms with Crippen molar-refractivity contribution >= 4 is 0 Å². The Kier molecular flexibility index (Phi) is 4.54. The Labute approximate surface area is 110 Å². The first-order valence-corrected chi connectivity index (χ1v) is 6.66. The predicted molar refractivity (Wildman–Crippen MR) is 77.8 cm³/mol. The molecule has 1 nitrogen and oxygen atoms in total. The molecule has 2 aromatic rings. The summed E-state index contributed by atoms with van der Waals surface area (Å²) < 4.78 is 0. The first kappa shape index (κ1) is 12.8. The van der Waals surface area contributed by atoms with Gasteiger partial charge in [0.1, 0.15) is 0 Å². The third-order valence-corrected chi connectivity index (χ3v) is 3.11. The number of aryl methyl sites for hydroxylation is 1. The van der Waals surface area contributed by atoms with E-state index in [1.54, 1.807) is 0 Å². The van der Waals surface area contributed by atoms with E-state index in [0.717, 1.165) is 13.0 Å². The summed E-state index contributed by atoms with van der Waals surface area (Å²) in [6.45, 7) is 5.38. The Morgan fingerprint density at radius 1 is 0.944 bits per heavy atom.